The number of nitrogens with zero attached hydrogens (tertiary/aromatic N) is 1. The summed E-state index contributed by atoms with van der Waals surface area (Å²) in [5, 5.41) is 5.98. The smallest absolute Gasteiger partial charge is 0.222 e. The molecule has 0 aliphatic rings. The van der Waals surface area contributed by atoms with Crippen LogP contribution >= 0.6 is 36.2 Å². The molecule has 2 atom stereocenters. The molecular weight excluding hydrogens is 353 g/mol. The van der Waals surface area contributed by atoms with E-state index < -0.39 is 0 Å². The molecule has 3 N–H and O–H groups in total. The molecule has 1 aromatic heterocycles. The second kappa shape index (κ2) is 10.6. The Kier molecular flexibility index (Phi) is 10.1. The average Bonchev–Trinajstić information content (AvgIpc) is 2.92. The molecule has 0 radical (unpaired) electrons. The number of benzene rings is 1. The zero-order chi connectivity index (χ0) is 15.2. The standard InChI is InChI=1S/C16H21N3OS.2ClH/c1-3-14(16-18-11(2)10-21-16)19-15(20)9-13(17)12-7-5-4-6-8-12;;/h4-8,10,13-14H,3,9,17H2,1-2H3,(H,19,20);2*1H. The van der Waals surface area contributed by atoms with Gasteiger partial charge in [-0.3, -0.25) is 4.79 Å². The first-order valence-corrected chi connectivity index (χ1v) is 8.00. The third kappa shape index (κ3) is 6.47. The van der Waals surface area contributed by atoms with Crippen LogP contribution in [0.25, 0.3) is 0 Å². The van der Waals surface area contributed by atoms with Gasteiger partial charge in [0.2, 0.25) is 5.91 Å². The van der Waals surface area contributed by atoms with Crippen LogP contribution in [0.1, 0.15) is 48.1 Å². The highest BCUT2D eigenvalue weighted by Gasteiger charge is 2.18. The molecule has 23 heavy (non-hydrogen) atoms. The third-order valence-electron chi connectivity index (χ3n) is 3.31. The Balaban J connectivity index is 0.00000242. The number of halogens is 2. The molecule has 0 saturated carbocycles. The number of thiazole rings is 1. The Morgan fingerprint density at radius 2 is 1.96 bits per heavy atom. The number of carbonyl (C=O) groups is 1. The van der Waals surface area contributed by atoms with Gasteiger partial charge in [-0.1, -0.05) is 37.3 Å². The lowest BCUT2D eigenvalue weighted by Gasteiger charge is -2.17. The molecule has 128 valence electrons. The van der Waals surface area contributed by atoms with Crippen LogP contribution in [0, 0.1) is 6.92 Å². The minimum Gasteiger partial charge on any atom is -0.347 e. The Morgan fingerprint density at radius 1 is 1.30 bits per heavy atom. The minimum atomic E-state index is -0.276. The molecule has 0 aliphatic heterocycles. The molecule has 0 bridgehead atoms. The lowest BCUT2D eigenvalue weighted by atomic mass is 10.0. The number of amides is 1. The van der Waals surface area contributed by atoms with Crippen molar-refractivity contribution >= 4 is 42.1 Å². The van der Waals surface area contributed by atoms with E-state index in [1.54, 1.807) is 11.3 Å². The van der Waals surface area contributed by atoms with E-state index in [0.29, 0.717) is 0 Å². The van der Waals surface area contributed by atoms with Crippen molar-refractivity contribution in [3.63, 3.8) is 0 Å². The van der Waals surface area contributed by atoms with Crippen LogP contribution in [0.5, 0.6) is 0 Å². The summed E-state index contributed by atoms with van der Waals surface area (Å²) in [5.74, 6) is -0.0361. The van der Waals surface area contributed by atoms with E-state index in [4.69, 9.17) is 5.73 Å². The monoisotopic (exact) mass is 375 g/mol. The van der Waals surface area contributed by atoms with E-state index in [0.717, 1.165) is 22.7 Å². The molecule has 2 unspecified atom stereocenters. The fourth-order valence-electron chi connectivity index (χ4n) is 2.14. The maximum Gasteiger partial charge on any atom is 0.222 e. The van der Waals surface area contributed by atoms with Gasteiger partial charge in [0.15, 0.2) is 0 Å². The molecule has 1 aromatic carbocycles. The van der Waals surface area contributed by atoms with Crippen molar-refractivity contribution in [1.82, 2.24) is 10.3 Å². The number of aryl methyl sites for hydroxylation is 1. The van der Waals surface area contributed by atoms with Crippen molar-refractivity contribution < 1.29 is 4.79 Å². The second-order valence-corrected chi connectivity index (χ2v) is 5.97. The number of rotatable bonds is 6. The van der Waals surface area contributed by atoms with E-state index in [-0.39, 0.29) is 49.2 Å². The van der Waals surface area contributed by atoms with E-state index in [1.165, 1.54) is 0 Å². The highest BCUT2D eigenvalue weighted by Crippen LogP contribution is 2.21. The number of carbonyl (C=O) groups excluding carboxylic acids is 1. The Morgan fingerprint density at radius 3 is 2.48 bits per heavy atom. The van der Waals surface area contributed by atoms with E-state index in [1.807, 2.05) is 49.6 Å². The zero-order valence-electron chi connectivity index (χ0n) is 13.2. The van der Waals surface area contributed by atoms with Gasteiger partial charge in [0.05, 0.1) is 6.04 Å². The van der Waals surface area contributed by atoms with Crippen molar-refractivity contribution in [2.24, 2.45) is 5.73 Å². The van der Waals surface area contributed by atoms with Crippen LogP contribution in [0.4, 0.5) is 0 Å². The molecule has 0 fully saturated rings. The summed E-state index contributed by atoms with van der Waals surface area (Å²) in [4.78, 5) is 16.6. The Labute approximate surface area is 153 Å². The summed E-state index contributed by atoms with van der Waals surface area (Å²) in [5.41, 5.74) is 8.05. The fraction of sp³-hybridized carbons (Fsp3) is 0.375. The lowest BCUT2D eigenvalue weighted by molar-refractivity contribution is -0.122. The van der Waals surface area contributed by atoms with Gasteiger partial charge < -0.3 is 11.1 Å². The molecular formula is C16H23Cl2N3OS. The van der Waals surface area contributed by atoms with Crippen LogP contribution in [-0.2, 0) is 4.79 Å². The van der Waals surface area contributed by atoms with Crippen LogP contribution in [-0.4, -0.2) is 10.9 Å². The maximum absolute atomic E-state index is 12.2. The first-order chi connectivity index (χ1) is 10.1. The SMILES string of the molecule is CCC(NC(=O)CC(N)c1ccccc1)c1nc(C)cs1.Cl.Cl. The predicted molar refractivity (Wildman–Crippen MR) is 101 cm³/mol. The molecule has 0 saturated heterocycles. The Bertz CT molecular complexity index is 592. The normalized spacial score (nSPS) is 12.5. The lowest BCUT2D eigenvalue weighted by Crippen LogP contribution is -2.30. The number of hydrogen-bond donors (Lipinski definition) is 2. The summed E-state index contributed by atoms with van der Waals surface area (Å²) in [6.07, 6.45) is 1.10. The maximum atomic E-state index is 12.2. The van der Waals surface area contributed by atoms with E-state index in [9.17, 15) is 4.79 Å². The van der Waals surface area contributed by atoms with Crippen LogP contribution in [0.3, 0.4) is 0 Å². The molecule has 0 aliphatic carbocycles. The average molecular weight is 376 g/mol. The fourth-order valence-corrected chi connectivity index (χ4v) is 3.07. The zero-order valence-corrected chi connectivity index (χ0v) is 15.6. The van der Waals surface area contributed by atoms with Gasteiger partial charge in [-0.2, -0.15) is 0 Å². The minimum absolute atomic E-state index is 0. The number of aromatic nitrogens is 1. The van der Waals surface area contributed by atoms with Gasteiger partial charge in [0.1, 0.15) is 5.01 Å². The molecule has 4 nitrogen and oxygen atoms in total. The number of nitrogens with two attached hydrogens (primary N) is 1. The molecule has 2 rings (SSSR count). The number of nitrogens with one attached hydrogen (secondary N) is 1. The van der Waals surface area contributed by atoms with Gasteiger partial charge in [0.25, 0.3) is 0 Å². The van der Waals surface area contributed by atoms with E-state index in [2.05, 4.69) is 10.3 Å². The first-order valence-electron chi connectivity index (χ1n) is 7.12. The van der Waals surface area contributed by atoms with Crippen molar-refractivity contribution in [2.45, 2.75) is 38.8 Å². The van der Waals surface area contributed by atoms with Crippen molar-refractivity contribution in [1.29, 1.82) is 0 Å². The molecule has 2 aromatic rings. The van der Waals surface area contributed by atoms with Crippen LogP contribution < -0.4 is 11.1 Å². The number of hydrogen-bond acceptors (Lipinski definition) is 4. The summed E-state index contributed by atoms with van der Waals surface area (Å²) < 4.78 is 0. The topological polar surface area (TPSA) is 68.0 Å². The third-order valence-corrected chi connectivity index (χ3v) is 4.39. The highest BCUT2D eigenvalue weighted by molar-refractivity contribution is 7.09. The quantitative estimate of drug-likeness (QED) is 0.802. The molecule has 1 amide bonds. The van der Waals surface area contributed by atoms with Crippen molar-refractivity contribution in [3.05, 3.63) is 52.0 Å². The van der Waals surface area contributed by atoms with Gasteiger partial charge >= 0.3 is 0 Å². The summed E-state index contributed by atoms with van der Waals surface area (Å²) >= 11 is 1.58. The first kappa shape index (κ1) is 21.9. The summed E-state index contributed by atoms with van der Waals surface area (Å²) in [6.45, 7) is 4.00. The second-order valence-electron chi connectivity index (χ2n) is 5.08. The molecule has 7 heteroatoms. The highest BCUT2D eigenvalue weighted by atomic mass is 35.5. The van der Waals surface area contributed by atoms with Crippen molar-refractivity contribution in [2.75, 3.05) is 0 Å². The van der Waals surface area contributed by atoms with Crippen LogP contribution in [0.2, 0.25) is 0 Å². The largest absolute Gasteiger partial charge is 0.347 e. The van der Waals surface area contributed by atoms with Crippen LogP contribution in [0.15, 0.2) is 35.7 Å². The van der Waals surface area contributed by atoms with E-state index >= 15 is 0 Å². The van der Waals surface area contributed by atoms with Crippen molar-refractivity contribution in [3.8, 4) is 0 Å². The van der Waals surface area contributed by atoms with Gasteiger partial charge in [-0.05, 0) is 18.9 Å². The summed E-state index contributed by atoms with van der Waals surface area (Å²) in [6, 6.07) is 9.38. The van der Waals surface area contributed by atoms with Gasteiger partial charge in [-0.25, -0.2) is 4.98 Å². The summed E-state index contributed by atoms with van der Waals surface area (Å²) in [7, 11) is 0. The molecule has 0 spiro atoms. The van der Waals surface area contributed by atoms with Gasteiger partial charge in [-0.15, -0.1) is 36.2 Å². The van der Waals surface area contributed by atoms with Gasteiger partial charge in [0, 0.05) is 23.5 Å². The Hall–Kier alpha value is -1.14. The predicted octanol–water partition coefficient (Wildman–Crippen LogP) is 3.95. The molecule has 1 heterocycles.